The largest absolute Gasteiger partial charge is 0.444 e. The van der Waals surface area contributed by atoms with Crippen molar-refractivity contribution in [3.8, 4) is 0 Å². The van der Waals surface area contributed by atoms with Gasteiger partial charge in [0.05, 0.1) is 0 Å². The van der Waals surface area contributed by atoms with Crippen LogP contribution in [0.4, 0.5) is 10.5 Å². The van der Waals surface area contributed by atoms with Crippen molar-refractivity contribution in [1.82, 2.24) is 10.2 Å². The summed E-state index contributed by atoms with van der Waals surface area (Å²) < 4.78 is 5.55. The van der Waals surface area contributed by atoms with Crippen LogP contribution in [0, 0.1) is 13.8 Å². The summed E-state index contributed by atoms with van der Waals surface area (Å²) in [5.74, 6) is -0.703. The SMILES string of the molecule is CCC(C)(C)N(C(=O)C(Cc1ccccc1)NC(=O)OC(C)(C)C)C(C(=O)Nc1c(C)cccc1C)c1ccccc1. The molecular weight excluding hydrogens is 526 g/mol. The zero-order chi connectivity index (χ0) is 31.1. The third-order valence-electron chi connectivity index (χ3n) is 7.38. The van der Waals surface area contributed by atoms with E-state index in [1.54, 1.807) is 25.7 Å². The van der Waals surface area contributed by atoms with Crippen LogP contribution in [0.1, 0.15) is 76.3 Å². The third-order valence-corrected chi connectivity index (χ3v) is 7.38. The molecule has 224 valence electrons. The van der Waals surface area contributed by atoms with E-state index in [0.717, 1.165) is 22.4 Å². The molecule has 7 nitrogen and oxygen atoms in total. The number of carbonyl (C=O) groups excluding carboxylic acids is 3. The second-order valence-corrected chi connectivity index (χ2v) is 12.3. The van der Waals surface area contributed by atoms with Gasteiger partial charge >= 0.3 is 6.09 Å². The van der Waals surface area contributed by atoms with E-state index in [2.05, 4.69) is 10.6 Å². The zero-order valence-electron chi connectivity index (χ0n) is 26.2. The number of aryl methyl sites for hydroxylation is 2. The van der Waals surface area contributed by atoms with Crippen LogP contribution in [0.3, 0.4) is 0 Å². The van der Waals surface area contributed by atoms with E-state index in [9.17, 15) is 14.4 Å². The maximum Gasteiger partial charge on any atom is 0.408 e. The maximum atomic E-state index is 14.7. The normalized spacial score (nSPS) is 13.0. The molecular formula is C35H45N3O4. The minimum Gasteiger partial charge on any atom is -0.444 e. The predicted molar refractivity (Wildman–Crippen MR) is 168 cm³/mol. The van der Waals surface area contributed by atoms with E-state index in [4.69, 9.17) is 4.74 Å². The van der Waals surface area contributed by atoms with Gasteiger partial charge in [-0.15, -0.1) is 0 Å². The van der Waals surface area contributed by atoms with Gasteiger partial charge in [0.25, 0.3) is 5.91 Å². The van der Waals surface area contributed by atoms with Crippen LogP contribution < -0.4 is 10.6 Å². The Morgan fingerprint density at radius 2 is 1.36 bits per heavy atom. The molecule has 0 aliphatic carbocycles. The van der Waals surface area contributed by atoms with Crippen molar-refractivity contribution in [3.05, 3.63) is 101 Å². The molecule has 0 radical (unpaired) electrons. The second kappa shape index (κ2) is 13.7. The molecule has 0 fully saturated rings. The fourth-order valence-electron chi connectivity index (χ4n) is 4.87. The van der Waals surface area contributed by atoms with Gasteiger partial charge in [-0.2, -0.15) is 0 Å². The Labute approximate surface area is 250 Å². The molecule has 0 bridgehead atoms. The highest BCUT2D eigenvalue weighted by atomic mass is 16.6. The summed E-state index contributed by atoms with van der Waals surface area (Å²) in [5.41, 5.74) is 2.63. The van der Waals surface area contributed by atoms with Gasteiger partial charge in [-0.25, -0.2) is 4.79 Å². The number of nitrogens with one attached hydrogen (secondary N) is 2. The fraction of sp³-hybridized carbons (Fsp3) is 0.400. The van der Waals surface area contributed by atoms with Crippen molar-refractivity contribution in [3.63, 3.8) is 0 Å². The number of benzene rings is 3. The van der Waals surface area contributed by atoms with Crippen molar-refractivity contribution >= 4 is 23.6 Å². The van der Waals surface area contributed by atoms with Gasteiger partial charge in [-0.3, -0.25) is 9.59 Å². The molecule has 3 aromatic carbocycles. The lowest BCUT2D eigenvalue weighted by Gasteiger charge is -2.44. The highest BCUT2D eigenvalue weighted by Crippen LogP contribution is 2.34. The minimum atomic E-state index is -0.979. The quantitative estimate of drug-likeness (QED) is 0.271. The number of amides is 3. The molecule has 3 rings (SSSR count). The Morgan fingerprint density at radius 1 is 0.810 bits per heavy atom. The molecule has 0 aromatic heterocycles. The molecule has 0 aliphatic rings. The van der Waals surface area contributed by atoms with E-state index < -0.39 is 29.3 Å². The maximum absolute atomic E-state index is 14.7. The molecule has 2 atom stereocenters. The molecule has 0 heterocycles. The van der Waals surface area contributed by atoms with Crippen molar-refractivity contribution in [2.24, 2.45) is 0 Å². The van der Waals surface area contributed by atoms with Gasteiger partial charge < -0.3 is 20.3 Å². The van der Waals surface area contributed by atoms with Gasteiger partial charge in [0, 0.05) is 17.6 Å². The van der Waals surface area contributed by atoms with E-state index in [1.807, 2.05) is 113 Å². The molecule has 0 aliphatic heterocycles. The van der Waals surface area contributed by atoms with Crippen LogP contribution in [0.2, 0.25) is 0 Å². The van der Waals surface area contributed by atoms with Crippen LogP contribution in [-0.4, -0.2) is 40.0 Å². The molecule has 0 saturated carbocycles. The van der Waals surface area contributed by atoms with E-state index in [-0.39, 0.29) is 18.2 Å². The highest BCUT2D eigenvalue weighted by Gasteiger charge is 2.43. The lowest BCUT2D eigenvalue weighted by Crippen LogP contribution is -2.59. The van der Waals surface area contributed by atoms with Crippen molar-refractivity contribution in [2.75, 3.05) is 5.32 Å². The van der Waals surface area contributed by atoms with Crippen molar-refractivity contribution in [2.45, 2.75) is 91.5 Å². The number of hydrogen-bond acceptors (Lipinski definition) is 4. The molecule has 3 amide bonds. The van der Waals surface area contributed by atoms with Crippen molar-refractivity contribution < 1.29 is 19.1 Å². The first-order chi connectivity index (χ1) is 19.7. The monoisotopic (exact) mass is 571 g/mol. The summed E-state index contributed by atoms with van der Waals surface area (Å²) in [5, 5.41) is 5.95. The van der Waals surface area contributed by atoms with Crippen LogP contribution in [0.25, 0.3) is 0 Å². The number of nitrogens with zero attached hydrogens (tertiary/aromatic N) is 1. The van der Waals surface area contributed by atoms with Gasteiger partial charge in [0.2, 0.25) is 5.91 Å². The molecule has 3 aromatic rings. The molecule has 7 heteroatoms. The number of para-hydroxylation sites is 1. The molecule has 2 unspecified atom stereocenters. The Hall–Kier alpha value is -4.13. The number of rotatable bonds is 10. The summed E-state index contributed by atoms with van der Waals surface area (Å²) in [6.45, 7) is 15.1. The minimum absolute atomic E-state index is 0.231. The predicted octanol–water partition coefficient (Wildman–Crippen LogP) is 7.14. The Balaban J connectivity index is 2.13. The smallest absolute Gasteiger partial charge is 0.408 e. The number of ether oxygens (including phenoxy) is 1. The second-order valence-electron chi connectivity index (χ2n) is 12.3. The van der Waals surface area contributed by atoms with Gasteiger partial charge in [0.15, 0.2) is 0 Å². The van der Waals surface area contributed by atoms with Gasteiger partial charge in [-0.1, -0.05) is 85.8 Å². The Kier molecular flexibility index (Phi) is 10.6. The van der Waals surface area contributed by atoms with Crippen LogP contribution in [-0.2, 0) is 20.7 Å². The zero-order valence-corrected chi connectivity index (χ0v) is 26.2. The van der Waals surface area contributed by atoms with E-state index >= 15 is 0 Å². The summed E-state index contributed by atoms with van der Waals surface area (Å²) in [4.78, 5) is 43.7. The molecule has 42 heavy (non-hydrogen) atoms. The molecule has 2 N–H and O–H groups in total. The highest BCUT2D eigenvalue weighted by molar-refractivity contribution is 6.00. The first-order valence-electron chi connectivity index (χ1n) is 14.5. The lowest BCUT2D eigenvalue weighted by atomic mass is 9.91. The average molecular weight is 572 g/mol. The molecule has 0 saturated heterocycles. The number of carbonyl (C=O) groups is 3. The topological polar surface area (TPSA) is 87.7 Å². The van der Waals surface area contributed by atoms with Gasteiger partial charge in [-0.05, 0) is 77.1 Å². The van der Waals surface area contributed by atoms with Crippen molar-refractivity contribution in [1.29, 1.82) is 0 Å². The number of alkyl carbamates (subject to hydrolysis) is 1. The number of hydrogen-bond donors (Lipinski definition) is 2. The first kappa shape index (κ1) is 32.4. The van der Waals surface area contributed by atoms with Crippen LogP contribution in [0.5, 0.6) is 0 Å². The first-order valence-corrected chi connectivity index (χ1v) is 14.5. The van der Waals surface area contributed by atoms with Crippen LogP contribution in [0.15, 0.2) is 78.9 Å². The van der Waals surface area contributed by atoms with E-state index in [0.29, 0.717) is 12.0 Å². The average Bonchev–Trinajstić information content (AvgIpc) is 2.93. The number of anilines is 1. The summed E-state index contributed by atoms with van der Waals surface area (Å²) in [7, 11) is 0. The van der Waals surface area contributed by atoms with Crippen LogP contribution >= 0.6 is 0 Å². The summed E-state index contributed by atoms with van der Waals surface area (Å²) in [6, 6.07) is 22.7. The Morgan fingerprint density at radius 3 is 1.88 bits per heavy atom. The standard InChI is InChI=1S/C35H45N3O4/c1-9-35(7,8)38(32(40)28(23-26-19-12-10-13-20-26)36-33(41)42-34(4,5)6)30(27-21-14-11-15-22-27)31(39)37-29-24(2)17-16-18-25(29)3/h10-22,28,30H,9,23H2,1-8H3,(H,36,41)(H,37,39). The van der Waals surface area contributed by atoms with Gasteiger partial charge in [0.1, 0.15) is 17.7 Å². The Bertz CT molecular complexity index is 1340. The summed E-state index contributed by atoms with van der Waals surface area (Å²) >= 11 is 0. The van der Waals surface area contributed by atoms with E-state index in [1.165, 1.54) is 0 Å². The fourth-order valence-corrected chi connectivity index (χ4v) is 4.87. The third kappa shape index (κ3) is 8.44. The lowest BCUT2D eigenvalue weighted by molar-refractivity contribution is -0.147. The molecule has 0 spiro atoms. The summed E-state index contributed by atoms with van der Waals surface area (Å²) in [6.07, 6.45) is 0.112.